The summed E-state index contributed by atoms with van der Waals surface area (Å²) in [4.78, 5) is 15.6. The van der Waals surface area contributed by atoms with Crippen molar-refractivity contribution in [3.05, 3.63) is 58.0 Å². The van der Waals surface area contributed by atoms with Gasteiger partial charge >= 0.3 is 12.1 Å². The topological polar surface area (TPSA) is 91.0 Å². The molecule has 1 aromatic carbocycles. The highest BCUT2D eigenvalue weighted by molar-refractivity contribution is 9.10. The van der Waals surface area contributed by atoms with Crippen LogP contribution in [0.15, 0.2) is 41.1 Å². The van der Waals surface area contributed by atoms with Gasteiger partial charge < -0.3 is 15.1 Å². The first-order chi connectivity index (χ1) is 14.0. The molecule has 0 bridgehead atoms. The summed E-state index contributed by atoms with van der Waals surface area (Å²) in [6, 6.07) is 7.60. The number of aromatic nitrogens is 3. The predicted octanol–water partition coefficient (Wildman–Crippen LogP) is 3.81. The number of carbonyl (C=O) groups is 1. The number of halogens is 4. The Kier molecular flexibility index (Phi) is 7.79. The zero-order valence-corrected chi connectivity index (χ0v) is 17.8. The van der Waals surface area contributed by atoms with Crippen molar-refractivity contribution in [2.75, 3.05) is 13.6 Å². The van der Waals surface area contributed by atoms with E-state index < -0.39 is 12.1 Å². The van der Waals surface area contributed by atoms with Crippen molar-refractivity contribution in [1.29, 1.82) is 0 Å². The molecule has 3 aromatic rings. The standard InChI is InChI=1S/C17H19BrN4O.C2HF3O2/c1-12-7-17-19-9-14(11-22(17)20-12)10-21(2)6-5-13-3-4-16(23)15(18)8-13;3-2(4,5)1(6)7/h3-4,7-9,11,23H,5-6,10H2,1-2H3;(H,6,7). The Morgan fingerprint density at radius 3 is 2.53 bits per heavy atom. The van der Waals surface area contributed by atoms with Crippen molar-refractivity contribution in [2.24, 2.45) is 0 Å². The number of hydrogen-bond acceptors (Lipinski definition) is 5. The van der Waals surface area contributed by atoms with E-state index in [0.717, 1.165) is 40.9 Å². The Bertz CT molecular complexity index is 1020. The Morgan fingerprint density at radius 2 is 1.93 bits per heavy atom. The van der Waals surface area contributed by atoms with Crippen LogP contribution in [-0.2, 0) is 17.8 Å². The van der Waals surface area contributed by atoms with Gasteiger partial charge in [-0.2, -0.15) is 18.3 Å². The van der Waals surface area contributed by atoms with E-state index >= 15 is 0 Å². The van der Waals surface area contributed by atoms with E-state index in [1.165, 1.54) is 5.56 Å². The first-order valence-corrected chi connectivity index (χ1v) is 9.52. The molecule has 0 unspecified atom stereocenters. The van der Waals surface area contributed by atoms with E-state index in [1.54, 1.807) is 6.07 Å². The van der Waals surface area contributed by atoms with Gasteiger partial charge in [-0.15, -0.1) is 0 Å². The molecular formula is C19H20BrF3N4O3. The number of fused-ring (bicyclic) bond motifs is 1. The normalized spacial score (nSPS) is 11.4. The second kappa shape index (κ2) is 9.90. The maximum atomic E-state index is 10.6. The van der Waals surface area contributed by atoms with Gasteiger partial charge in [0.1, 0.15) is 5.75 Å². The maximum absolute atomic E-state index is 10.6. The van der Waals surface area contributed by atoms with Gasteiger partial charge in [0.05, 0.1) is 10.2 Å². The number of aromatic hydroxyl groups is 1. The predicted molar refractivity (Wildman–Crippen MR) is 107 cm³/mol. The second-order valence-corrected chi connectivity index (χ2v) is 7.48. The quantitative estimate of drug-likeness (QED) is 0.567. The van der Waals surface area contributed by atoms with Crippen molar-refractivity contribution in [1.82, 2.24) is 19.5 Å². The average molecular weight is 489 g/mol. The summed E-state index contributed by atoms with van der Waals surface area (Å²) >= 11 is 3.35. The van der Waals surface area contributed by atoms with Crippen molar-refractivity contribution in [3.8, 4) is 5.75 Å². The molecule has 0 radical (unpaired) electrons. The smallest absolute Gasteiger partial charge is 0.490 e. The van der Waals surface area contributed by atoms with E-state index in [2.05, 4.69) is 38.0 Å². The second-order valence-electron chi connectivity index (χ2n) is 6.63. The number of phenols is 1. The lowest BCUT2D eigenvalue weighted by molar-refractivity contribution is -0.192. The first kappa shape index (κ1) is 23.6. The third kappa shape index (κ3) is 6.99. The summed E-state index contributed by atoms with van der Waals surface area (Å²) in [6.07, 6.45) is -0.223. The van der Waals surface area contributed by atoms with E-state index in [0.29, 0.717) is 0 Å². The van der Waals surface area contributed by atoms with Gasteiger partial charge in [-0.1, -0.05) is 6.07 Å². The molecule has 3 rings (SSSR count). The van der Waals surface area contributed by atoms with E-state index in [1.807, 2.05) is 42.0 Å². The highest BCUT2D eigenvalue weighted by atomic mass is 79.9. The van der Waals surface area contributed by atoms with Gasteiger partial charge in [0, 0.05) is 37.1 Å². The highest BCUT2D eigenvalue weighted by Gasteiger charge is 2.38. The zero-order chi connectivity index (χ0) is 22.5. The van der Waals surface area contributed by atoms with Crippen LogP contribution >= 0.6 is 15.9 Å². The molecule has 0 atom stereocenters. The van der Waals surface area contributed by atoms with Crippen molar-refractivity contribution < 1.29 is 28.2 Å². The first-order valence-electron chi connectivity index (χ1n) is 8.72. The Hall–Kier alpha value is -2.66. The van der Waals surface area contributed by atoms with Crippen LogP contribution in [-0.4, -0.2) is 55.4 Å². The molecule has 0 saturated heterocycles. The van der Waals surface area contributed by atoms with Gasteiger partial charge in [-0.05, 0) is 54.0 Å². The summed E-state index contributed by atoms with van der Waals surface area (Å²) in [5.74, 6) is -2.48. The van der Waals surface area contributed by atoms with Crippen LogP contribution in [0.3, 0.4) is 0 Å². The Labute approximate surface area is 178 Å². The van der Waals surface area contributed by atoms with Crippen LogP contribution in [0.25, 0.3) is 5.65 Å². The molecule has 0 saturated carbocycles. The summed E-state index contributed by atoms with van der Waals surface area (Å²) in [5.41, 5.74) is 4.18. The van der Waals surface area contributed by atoms with Gasteiger partial charge in [-0.3, -0.25) is 0 Å². The third-order valence-corrected chi connectivity index (χ3v) is 4.61. The van der Waals surface area contributed by atoms with Crippen molar-refractivity contribution in [3.63, 3.8) is 0 Å². The minimum absolute atomic E-state index is 0.274. The lowest BCUT2D eigenvalue weighted by Gasteiger charge is -2.16. The number of likely N-dealkylation sites (N-methyl/N-ethyl adjacent to an activating group) is 1. The summed E-state index contributed by atoms with van der Waals surface area (Å²) < 4.78 is 34.3. The van der Waals surface area contributed by atoms with Crippen LogP contribution in [0.2, 0.25) is 0 Å². The van der Waals surface area contributed by atoms with Crippen LogP contribution in [0.1, 0.15) is 16.8 Å². The number of carboxylic acids is 1. The fourth-order valence-corrected chi connectivity index (χ4v) is 2.96. The summed E-state index contributed by atoms with van der Waals surface area (Å²) in [6.45, 7) is 3.71. The van der Waals surface area contributed by atoms with Gasteiger partial charge in [0.15, 0.2) is 5.65 Å². The lowest BCUT2D eigenvalue weighted by atomic mass is 10.1. The summed E-state index contributed by atoms with van der Waals surface area (Å²) in [7, 11) is 2.09. The lowest BCUT2D eigenvalue weighted by Crippen LogP contribution is -2.21. The third-order valence-electron chi connectivity index (χ3n) is 3.98. The number of aliphatic carboxylic acids is 1. The number of carboxylic acid groups (broad SMARTS) is 1. The largest absolute Gasteiger partial charge is 0.507 e. The number of nitrogens with zero attached hydrogens (tertiary/aromatic N) is 4. The number of rotatable bonds is 5. The number of aryl methyl sites for hydroxylation is 1. The molecule has 2 aromatic heterocycles. The highest BCUT2D eigenvalue weighted by Crippen LogP contribution is 2.24. The molecular weight excluding hydrogens is 469 g/mol. The van der Waals surface area contributed by atoms with Gasteiger partial charge in [0.2, 0.25) is 0 Å². The van der Waals surface area contributed by atoms with E-state index in [9.17, 15) is 18.3 Å². The van der Waals surface area contributed by atoms with E-state index in [4.69, 9.17) is 9.90 Å². The molecule has 0 spiro atoms. The van der Waals surface area contributed by atoms with Crippen molar-refractivity contribution in [2.45, 2.75) is 26.1 Å². The molecule has 2 N–H and O–H groups in total. The zero-order valence-electron chi connectivity index (χ0n) is 16.2. The minimum atomic E-state index is -5.08. The Balaban J connectivity index is 0.000000396. The Morgan fingerprint density at radius 1 is 1.27 bits per heavy atom. The van der Waals surface area contributed by atoms with Crippen molar-refractivity contribution >= 4 is 27.5 Å². The molecule has 11 heteroatoms. The van der Waals surface area contributed by atoms with Crippen LogP contribution < -0.4 is 0 Å². The number of hydrogen-bond donors (Lipinski definition) is 2. The number of alkyl halides is 3. The fraction of sp³-hybridized carbons (Fsp3) is 0.316. The monoisotopic (exact) mass is 488 g/mol. The molecule has 0 amide bonds. The van der Waals surface area contributed by atoms with Crippen LogP contribution in [0, 0.1) is 6.92 Å². The SMILES string of the molecule is Cc1cc2ncc(CN(C)CCc3ccc(O)c(Br)c3)cn2n1.O=C(O)C(F)(F)F. The molecule has 0 aliphatic heterocycles. The minimum Gasteiger partial charge on any atom is -0.507 e. The molecule has 30 heavy (non-hydrogen) atoms. The maximum Gasteiger partial charge on any atom is 0.490 e. The number of phenolic OH excluding ortho intramolecular Hbond substituents is 1. The number of benzene rings is 1. The molecule has 162 valence electrons. The van der Waals surface area contributed by atoms with Gasteiger partial charge in [0.25, 0.3) is 0 Å². The molecule has 7 nitrogen and oxygen atoms in total. The van der Waals surface area contributed by atoms with Gasteiger partial charge in [-0.25, -0.2) is 14.3 Å². The molecule has 0 aliphatic rings. The summed E-state index contributed by atoms with van der Waals surface area (Å²) in [5, 5.41) is 21.1. The molecule has 0 aliphatic carbocycles. The average Bonchev–Trinajstić information content (AvgIpc) is 3.01. The van der Waals surface area contributed by atoms with E-state index in [-0.39, 0.29) is 5.75 Å². The van der Waals surface area contributed by atoms with Crippen LogP contribution in [0.5, 0.6) is 5.75 Å². The van der Waals surface area contributed by atoms with Crippen LogP contribution in [0.4, 0.5) is 13.2 Å². The molecule has 0 fully saturated rings. The molecule has 2 heterocycles. The fourth-order valence-electron chi connectivity index (χ4n) is 2.53.